The number of aliphatic hydroxyl groups is 1. The smallest absolute Gasteiger partial charge is 0.0804 e. The van der Waals surface area contributed by atoms with Crippen molar-refractivity contribution >= 4 is 35.0 Å². The maximum atomic E-state index is 10.0. The summed E-state index contributed by atoms with van der Waals surface area (Å²) in [5.41, 5.74) is 1.92. The molecular formula is C11H12Cl2OS. The van der Waals surface area contributed by atoms with Crippen molar-refractivity contribution < 1.29 is 5.11 Å². The normalized spacial score (nSPS) is 25.9. The first-order chi connectivity index (χ1) is 7.08. The molecule has 1 aromatic carbocycles. The van der Waals surface area contributed by atoms with Gasteiger partial charge in [-0.1, -0.05) is 30.1 Å². The Hall–Kier alpha value is 0.110. The monoisotopic (exact) mass is 262 g/mol. The Kier molecular flexibility index (Phi) is 3.51. The Balaban J connectivity index is 2.48. The summed E-state index contributed by atoms with van der Waals surface area (Å²) >= 11 is 13.9. The van der Waals surface area contributed by atoms with Crippen LogP contribution in [0.15, 0.2) is 12.1 Å². The number of aliphatic hydroxyl groups excluding tert-OH is 1. The summed E-state index contributed by atoms with van der Waals surface area (Å²) in [5, 5.41) is 11.7. The van der Waals surface area contributed by atoms with E-state index in [0.29, 0.717) is 15.3 Å². The molecule has 0 radical (unpaired) electrons. The third-order valence-electron chi connectivity index (χ3n) is 2.62. The highest BCUT2D eigenvalue weighted by Gasteiger charge is 2.23. The lowest BCUT2D eigenvalue weighted by Gasteiger charge is -2.13. The summed E-state index contributed by atoms with van der Waals surface area (Å²) in [6.07, 6.45) is 0.315. The summed E-state index contributed by atoms with van der Waals surface area (Å²) in [7, 11) is 0. The van der Waals surface area contributed by atoms with Crippen molar-refractivity contribution in [3.8, 4) is 0 Å². The summed E-state index contributed by atoms with van der Waals surface area (Å²) in [6.45, 7) is 2.12. The molecule has 1 heterocycles. The topological polar surface area (TPSA) is 20.2 Å². The van der Waals surface area contributed by atoms with Crippen molar-refractivity contribution in [3.63, 3.8) is 0 Å². The molecule has 0 aromatic heterocycles. The molecule has 0 amide bonds. The minimum atomic E-state index is -0.443. The van der Waals surface area contributed by atoms with Gasteiger partial charge in [-0.25, -0.2) is 0 Å². The number of hydrogen-bond acceptors (Lipinski definition) is 2. The molecule has 0 aliphatic carbocycles. The van der Waals surface area contributed by atoms with Crippen LogP contribution in [0.4, 0.5) is 0 Å². The zero-order chi connectivity index (χ0) is 11.0. The van der Waals surface area contributed by atoms with Crippen LogP contribution in [0, 0.1) is 0 Å². The van der Waals surface area contributed by atoms with Gasteiger partial charge in [0.15, 0.2) is 0 Å². The van der Waals surface area contributed by atoms with E-state index in [0.717, 1.165) is 23.3 Å². The van der Waals surface area contributed by atoms with E-state index in [4.69, 9.17) is 23.2 Å². The SMILES string of the molecule is CC1CC(O)c2cc(Cl)cc(Cl)c2CS1. The van der Waals surface area contributed by atoms with Gasteiger partial charge in [-0.2, -0.15) is 11.8 Å². The fourth-order valence-electron chi connectivity index (χ4n) is 1.81. The summed E-state index contributed by atoms with van der Waals surface area (Å²) in [4.78, 5) is 0. The Morgan fingerprint density at radius 2 is 2.13 bits per heavy atom. The number of fused-ring (bicyclic) bond motifs is 1. The molecule has 0 bridgehead atoms. The molecule has 0 spiro atoms. The van der Waals surface area contributed by atoms with Gasteiger partial charge in [-0.15, -0.1) is 0 Å². The van der Waals surface area contributed by atoms with Crippen LogP contribution in [0.5, 0.6) is 0 Å². The Morgan fingerprint density at radius 1 is 1.40 bits per heavy atom. The van der Waals surface area contributed by atoms with Gasteiger partial charge in [0.1, 0.15) is 0 Å². The van der Waals surface area contributed by atoms with Crippen LogP contribution in [0.3, 0.4) is 0 Å². The minimum absolute atomic E-state index is 0.443. The molecule has 1 aromatic rings. The van der Waals surface area contributed by atoms with Crippen LogP contribution in [0.2, 0.25) is 10.0 Å². The predicted octanol–water partition coefficient (Wildman–Crippen LogP) is 4.05. The molecule has 4 heteroatoms. The van der Waals surface area contributed by atoms with Gasteiger partial charge in [-0.05, 0) is 29.7 Å². The van der Waals surface area contributed by atoms with Gasteiger partial charge >= 0.3 is 0 Å². The third-order valence-corrected chi connectivity index (χ3v) is 4.39. The third kappa shape index (κ3) is 2.44. The van der Waals surface area contributed by atoms with Crippen molar-refractivity contribution in [3.05, 3.63) is 33.3 Å². The van der Waals surface area contributed by atoms with E-state index >= 15 is 0 Å². The molecular weight excluding hydrogens is 251 g/mol. The van der Waals surface area contributed by atoms with E-state index in [2.05, 4.69) is 6.92 Å². The first-order valence-corrected chi connectivity index (χ1v) is 6.66. The molecule has 0 saturated carbocycles. The van der Waals surface area contributed by atoms with E-state index < -0.39 is 6.10 Å². The number of thioether (sulfide) groups is 1. The highest BCUT2D eigenvalue weighted by atomic mass is 35.5. The number of halogens is 2. The van der Waals surface area contributed by atoms with Crippen molar-refractivity contribution in [1.29, 1.82) is 0 Å². The van der Waals surface area contributed by atoms with Gasteiger partial charge in [0.2, 0.25) is 0 Å². The van der Waals surface area contributed by atoms with Crippen LogP contribution in [-0.2, 0) is 5.75 Å². The molecule has 2 rings (SSSR count). The molecule has 2 unspecified atom stereocenters. The molecule has 0 saturated heterocycles. The van der Waals surface area contributed by atoms with Crippen LogP contribution in [0.25, 0.3) is 0 Å². The molecule has 1 aliphatic rings. The van der Waals surface area contributed by atoms with Gasteiger partial charge in [0.25, 0.3) is 0 Å². The first-order valence-electron chi connectivity index (χ1n) is 4.85. The highest BCUT2D eigenvalue weighted by molar-refractivity contribution is 7.99. The second-order valence-electron chi connectivity index (χ2n) is 3.83. The maximum absolute atomic E-state index is 10.0. The number of rotatable bonds is 0. The highest BCUT2D eigenvalue weighted by Crippen LogP contribution is 2.39. The Labute approximate surface area is 104 Å². The van der Waals surface area contributed by atoms with Crippen molar-refractivity contribution in [2.75, 3.05) is 0 Å². The van der Waals surface area contributed by atoms with Gasteiger partial charge < -0.3 is 5.11 Å². The van der Waals surface area contributed by atoms with Gasteiger partial charge in [-0.3, -0.25) is 0 Å². The van der Waals surface area contributed by atoms with E-state index in [1.54, 1.807) is 6.07 Å². The average molecular weight is 263 g/mol. The average Bonchev–Trinajstić information content (AvgIpc) is 2.27. The summed E-state index contributed by atoms with van der Waals surface area (Å²) < 4.78 is 0. The maximum Gasteiger partial charge on any atom is 0.0804 e. The lowest BCUT2D eigenvalue weighted by Crippen LogP contribution is -2.03. The fraction of sp³-hybridized carbons (Fsp3) is 0.455. The largest absolute Gasteiger partial charge is 0.388 e. The van der Waals surface area contributed by atoms with E-state index in [-0.39, 0.29) is 0 Å². The minimum Gasteiger partial charge on any atom is -0.388 e. The second-order valence-corrected chi connectivity index (χ2v) is 6.10. The van der Waals surface area contributed by atoms with E-state index in [1.807, 2.05) is 17.8 Å². The van der Waals surface area contributed by atoms with Gasteiger partial charge in [0, 0.05) is 21.0 Å². The Bertz CT molecular complexity index is 381. The fourth-order valence-corrected chi connectivity index (χ4v) is 3.55. The standard InChI is InChI=1S/C11H12Cl2OS/c1-6-2-11(14)8-3-7(12)4-10(13)9(8)5-15-6/h3-4,6,11,14H,2,5H2,1H3. The molecule has 82 valence electrons. The number of benzene rings is 1. The summed E-state index contributed by atoms with van der Waals surface area (Å²) in [6, 6.07) is 3.57. The van der Waals surface area contributed by atoms with Crippen molar-refractivity contribution in [2.45, 2.75) is 30.5 Å². The molecule has 1 nitrogen and oxygen atoms in total. The lowest BCUT2D eigenvalue weighted by molar-refractivity contribution is 0.168. The molecule has 0 fully saturated rings. The lowest BCUT2D eigenvalue weighted by atomic mass is 10.0. The second kappa shape index (κ2) is 4.54. The zero-order valence-corrected chi connectivity index (χ0v) is 10.7. The van der Waals surface area contributed by atoms with Gasteiger partial charge in [0.05, 0.1) is 6.10 Å². The summed E-state index contributed by atoms with van der Waals surface area (Å²) in [5.74, 6) is 0.851. The van der Waals surface area contributed by atoms with Crippen LogP contribution >= 0.6 is 35.0 Å². The molecule has 1 N–H and O–H groups in total. The molecule has 15 heavy (non-hydrogen) atoms. The molecule has 2 atom stereocenters. The zero-order valence-electron chi connectivity index (χ0n) is 8.34. The quantitative estimate of drug-likeness (QED) is 0.761. The number of hydrogen-bond donors (Lipinski definition) is 1. The van der Waals surface area contributed by atoms with E-state index in [1.165, 1.54) is 0 Å². The van der Waals surface area contributed by atoms with Crippen LogP contribution in [-0.4, -0.2) is 10.4 Å². The van der Waals surface area contributed by atoms with Crippen molar-refractivity contribution in [2.24, 2.45) is 0 Å². The van der Waals surface area contributed by atoms with Crippen LogP contribution < -0.4 is 0 Å². The first kappa shape index (κ1) is 11.6. The predicted molar refractivity (Wildman–Crippen MR) is 66.8 cm³/mol. The van der Waals surface area contributed by atoms with Crippen LogP contribution in [0.1, 0.15) is 30.6 Å². The van der Waals surface area contributed by atoms with Crippen molar-refractivity contribution in [1.82, 2.24) is 0 Å². The Morgan fingerprint density at radius 3 is 2.87 bits per heavy atom. The molecule has 1 aliphatic heterocycles. The van der Waals surface area contributed by atoms with E-state index in [9.17, 15) is 5.11 Å².